The van der Waals surface area contributed by atoms with E-state index in [1.807, 2.05) is 0 Å². The van der Waals surface area contributed by atoms with E-state index in [-0.39, 0.29) is 120 Å². The van der Waals surface area contributed by atoms with Gasteiger partial charge in [0.1, 0.15) is 0 Å². The zero-order valence-corrected chi connectivity index (χ0v) is 16.9. The molecule has 84 valence electrons. The van der Waals surface area contributed by atoms with E-state index >= 15 is 0 Å². The maximum absolute atomic E-state index is 8.55. The number of aliphatic hydroxyl groups excluding tert-OH is 1. The second-order valence-electron chi connectivity index (χ2n) is 1.21. The Morgan fingerprint density at radius 3 is 0.812 bits per heavy atom. The first-order chi connectivity index (χ1) is 5.41. The van der Waals surface area contributed by atoms with Gasteiger partial charge in [-0.25, -0.2) is 0 Å². The van der Waals surface area contributed by atoms with Crippen LogP contribution in [0.1, 0.15) is 6.92 Å². The molecule has 0 atom stereocenters. The summed E-state index contributed by atoms with van der Waals surface area (Å²) in [5, 5.41) is 7.57. The van der Waals surface area contributed by atoms with Gasteiger partial charge in [-0.05, 0) is 6.92 Å². The molecule has 1 N–H and O–H groups in total. The first kappa shape index (κ1) is 36.8. The molecule has 0 spiro atoms. The first-order valence-corrected chi connectivity index (χ1v) is 5.41. The third-order valence-electron chi connectivity index (χ3n) is 0. The second-order valence-corrected chi connectivity index (χ2v) is 3.00. The van der Waals surface area contributed by atoms with Gasteiger partial charge < -0.3 is 43.6 Å². The molecule has 0 radical (unpaired) electrons. The van der Waals surface area contributed by atoms with Crippen LogP contribution in [-0.2, 0) is 9.13 Å². The van der Waals surface area contributed by atoms with Crippen LogP contribution in [-0.4, -0.2) is 125 Å². The van der Waals surface area contributed by atoms with E-state index in [0.717, 1.165) is 0 Å². The summed E-state index contributed by atoms with van der Waals surface area (Å²) in [5.41, 5.74) is 0. The van der Waals surface area contributed by atoms with Gasteiger partial charge in [0.2, 0.25) is 0 Å². The van der Waals surface area contributed by atoms with Crippen molar-refractivity contribution in [2.45, 2.75) is 6.92 Å². The largest absolute Gasteiger partial charge is 2.00 e. The number of hydrogen-bond donors (Lipinski definition) is 1. The molecule has 0 aliphatic carbocycles. The molecule has 0 aromatic carbocycles. The van der Waals surface area contributed by atoms with Crippen LogP contribution in [0.3, 0.4) is 0 Å². The van der Waals surface area contributed by atoms with E-state index in [1.165, 1.54) is 0 Å². The van der Waals surface area contributed by atoms with E-state index in [9.17, 15) is 0 Å². The van der Waals surface area contributed by atoms with Crippen LogP contribution < -0.4 is 29.4 Å². The molecular weight excluding hydrogens is 350 g/mol. The minimum Gasteiger partial charge on any atom is -0.822 e. The molecular formula is C2H6Ca3O9P2. The fourth-order valence-electron chi connectivity index (χ4n) is 0. The Bertz CT molecular complexity index is 151. The van der Waals surface area contributed by atoms with E-state index in [4.69, 9.17) is 43.6 Å². The smallest absolute Gasteiger partial charge is 0.822 e. The number of hydrogen-bond acceptors (Lipinski definition) is 9. The third-order valence-corrected chi connectivity index (χ3v) is 0. The molecule has 16 heavy (non-hydrogen) atoms. The van der Waals surface area contributed by atoms with Crippen LogP contribution in [0.2, 0.25) is 0 Å². The van der Waals surface area contributed by atoms with Gasteiger partial charge in [0.15, 0.2) is 0 Å². The van der Waals surface area contributed by atoms with Crippen LogP contribution in [0, 0.1) is 0 Å². The quantitative estimate of drug-likeness (QED) is 0.324. The van der Waals surface area contributed by atoms with Gasteiger partial charge in [0.05, 0.1) is 0 Å². The van der Waals surface area contributed by atoms with Gasteiger partial charge in [-0.1, -0.05) is 0 Å². The van der Waals surface area contributed by atoms with Crippen LogP contribution in [0.5, 0.6) is 0 Å². The summed E-state index contributed by atoms with van der Waals surface area (Å²) in [6.45, 7) is 1.93. The van der Waals surface area contributed by atoms with E-state index in [2.05, 4.69) is 0 Å². The van der Waals surface area contributed by atoms with Crippen molar-refractivity contribution in [3.8, 4) is 0 Å². The average molecular weight is 356 g/mol. The molecule has 0 fully saturated rings. The summed E-state index contributed by atoms with van der Waals surface area (Å²) in [6.07, 6.45) is 0. The van der Waals surface area contributed by atoms with Crippen molar-refractivity contribution in [3.63, 3.8) is 0 Å². The van der Waals surface area contributed by atoms with Crippen LogP contribution in [0.15, 0.2) is 0 Å². The monoisotopic (exact) mass is 356 g/mol. The molecule has 0 heterocycles. The first-order valence-electron chi connectivity index (χ1n) is 2.48. The average Bonchev–Trinajstić information content (AvgIpc) is 1.52. The SMILES string of the molecule is CCO.O=P([O-])([O-])[O-].O=P([O-])([O-])[O-].[Ca+2].[Ca+2].[Ca+2]. The summed E-state index contributed by atoms with van der Waals surface area (Å²) >= 11 is 0. The molecule has 0 saturated heterocycles. The van der Waals surface area contributed by atoms with Crippen LogP contribution >= 0.6 is 15.6 Å². The second kappa shape index (κ2) is 21.3. The third kappa shape index (κ3) is 330. The van der Waals surface area contributed by atoms with Crippen molar-refractivity contribution in [1.29, 1.82) is 0 Å². The molecule has 9 nitrogen and oxygen atoms in total. The molecule has 0 bridgehead atoms. The molecule has 0 aliphatic heterocycles. The zero-order valence-electron chi connectivity index (χ0n) is 8.44. The van der Waals surface area contributed by atoms with Crippen LogP contribution in [0.4, 0.5) is 0 Å². The summed E-state index contributed by atoms with van der Waals surface area (Å²) < 4.78 is 17.1. The number of phosphoric acid groups is 2. The van der Waals surface area contributed by atoms with Gasteiger partial charge in [-0.2, -0.15) is 15.6 Å². The van der Waals surface area contributed by atoms with Gasteiger partial charge in [0.25, 0.3) is 0 Å². The molecule has 0 aromatic rings. The molecule has 0 amide bonds. The van der Waals surface area contributed by atoms with Gasteiger partial charge >= 0.3 is 113 Å². The predicted octanol–water partition coefficient (Wildman–Crippen LogP) is -6.79. The van der Waals surface area contributed by atoms with Crippen molar-refractivity contribution in [3.05, 3.63) is 0 Å². The maximum Gasteiger partial charge on any atom is 2.00 e. The molecule has 0 aliphatic rings. The summed E-state index contributed by atoms with van der Waals surface area (Å²) in [5.74, 6) is 0. The predicted molar refractivity (Wildman–Crippen MR) is 45.2 cm³/mol. The van der Waals surface area contributed by atoms with E-state index in [1.54, 1.807) is 6.92 Å². The Kier molecular flexibility index (Phi) is 48.9. The minimum atomic E-state index is -5.39. The Hall–Kier alpha value is 3.96. The van der Waals surface area contributed by atoms with Crippen molar-refractivity contribution >= 4 is 129 Å². The Morgan fingerprint density at radius 2 is 0.812 bits per heavy atom. The molecule has 0 aromatic heterocycles. The summed E-state index contributed by atoms with van der Waals surface area (Å²) in [7, 11) is -10.8. The minimum absolute atomic E-state index is 0. The van der Waals surface area contributed by atoms with Gasteiger partial charge in [-0.3, -0.25) is 0 Å². The number of aliphatic hydroxyl groups is 1. The molecule has 0 rings (SSSR count). The Balaban J connectivity index is -0.0000000220. The van der Waals surface area contributed by atoms with Crippen molar-refractivity contribution < 1.29 is 43.6 Å². The molecule has 0 saturated carbocycles. The van der Waals surface area contributed by atoms with Crippen molar-refractivity contribution in [1.82, 2.24) is 0 Å². The van der Waals surface area contributed by atoms with Crippen molar-refractivity contribution in [2.75, 3.05) is 6.61 Å². The standard InChI is InChI=1S/C2H6O.3Ca.2H3O4P/c1-2-3;;;;2*1-5(2,3)4/h3H,2H2,1H3;;;;2*(H3,1,2,3,4)/q;3*+2;;/p-6. The Morgan fingerprint density at radius 1 is 0.812 bits per heavy atom. The number of rotatable bonds is 0. The van der Waals surface area contributed by atoms with Crippen molar-refractivity contribution in [2.24, 2.45) is 0 Å². The normalized spacial score (nSPS) is 8.50. The van der Waals surface area contributed by atoms with E-state index < -0.39 is 15.6 Å². The molecule has 0 unspecified atom stereocenters. The topological polar surface area (TPSA) is 193 Å². The summed E-state index contributed by atoms with van der Waals surface area (Å²) in [4.78, 5) is 51.3. The fourth-order valence-corrected chi connectivity index (χ4v) is 0. The van der Waals surface area contributed by atoms with E-state index in [0.29, 0.717) is 0 Å². The Labute approximate surface area is 182 Å². The van der Waals surface area contributed by atoms with Gasteiger partial charge in [0, 0.05) is 6.61 Å². The fraction of sp³-hybridized carbons (Fsp3) is 1.00. The van der Waals surface area contributed by atoms with Crippen LogP contribution in [0.25, 0.3) is 0 Å². The zero-order chi connectivity index (χ0) is 11.7. The summed E-state index contributed by atoms with van der Waals surface area (Å²) in [6, 6.07) is 0. The van der Waals surface area contributed by atoms with Gasteiger partial charge in [-0.15, -0.1) is 0 Å². The molecule has 14 heteroatoms. The maximum atomic E-state index is 8.55.